The standard InChI is InChI=1S/C9H8F3O/c1-5(4-13)6-2-7(10)9(12)8(11)3-6/h2-3,5,13H,1,4H2. The first-order chi connectivity index (χ1) is 6.06. The Kier molecular flexibility index (Phi) is 2.93. The molecule has 0 aromatic heterocycles. The summed E-state index contributed by atoms with van der Waals surface area (Å²) in [6.07, 6.45) is 0. The van der Waals surface area contributed by atoms with Crippen LogP contribution in [0.5, 0.6) is 0 Å². The van der Waals surface area contributed by atoms with Gasteiger partial charge < -0.3 is 5.11 Å². The Morgan fingerprint density at radius 1 is 1.23 bits per heavy atom. The SMILES string of the molecule is [CH2]C(CO)c1cc(F)c(F)c(F)c1. The number of hydrogen-bond donors (Lipinski definition) is 1. The minimum Gasteiger partial charge on any atom is -0.396 e. The van der Waals surface area contributed by atoms with Crippen molar-refractivity contribution < 1.29 is 18.3 Å². The summed E-state index contributed by atoms with van der Waals surface area (Å²) in [5.41, 5.74) is 0.138. The number of rotatable bonds is 2. The lowest BCUT2D eigenvalue weighted by atomic mass is 10.0. The zero-order valence-corrected chi connectivity index (χ0v) is 6.73. The van der Waals surface area contributed by atoms with Crippen molar-refractivity contribution in [2.75, 3.05) is 6.61 Å². The Labute approximate surface area is 73.8 Å². The van der Waals surface area contributed by atoms with E-state index in [4.69, 9.17) is 5.11 Å². The van der Waals surface area contributed by atoms with Crippen molar-refractivity contribution in [1.82, 2.24) is 0 Å². The summed E-state index contributed by atoms with van der Waals surface area (Å²) < 4.78 is 37.7. The molecule has 1 nitrogen and oxygen atoms in total. The molecular weight excluding hydrogens is 181 g/mol. The molecule has 1 aromatic carbocycles. The van der Waals surface area contributed by atoms with Gasteiger partial charge in [0.15, 0.2) is 17.5 Å². The Bertz CT molecular complexity index is 289. The van der Waals surface area contributed by atoms with Crippen molar-refractivity contribution in [2.45, 2.75) is 5.92 Å². The second-order valence-corrected chi connectivity index (χ2v) is 2.68. The number of aliphatic hydroxyl groups is 1. The van der Waals surface area contributed by atoms with Crippen molar-refractivity contribution in [3.8, 4) is 0 Å². The van der Waals surface area contributed by atoms with Crippen LogP contribution in [0, 0.1) is 24.4 Å². The normalized spacial score (nSPS) is 13.0. The molecule has 1 unspecified atom stereocenters. The molecule has 0 saturated carbocycles. The predicted molar refractivity (Wildman–Crippen MR) is 41.5 cm³/mol. The fourth-order valence-electron chi connectivity index (χ4n) is 0.916. The van der Waals surface area contributed by atoms with E-state index in [-0.39, 0.29) is 12.2 Å². The molecule has 1 rings (SSSR count). The first kappa shape index (κ1) is 10.1. The summed E-state index contributed by atoms with van der Waals surface area (Å²) in [5.74, 6) is -4.69. The van der Waals surface area contributed by atoms with Gasteiger partial charge in [-0.15, -0.1) is 0 Å². The molecule has 1 radical (unpaired) electrons. The molecular formula is C9H8F3O. The molecule has 0 bridgehead atoms. The van der Waals surface area contributed by atoms with Gasteiger partial charge in [0.25, 0.3) is 0 Å². The van der Waals surface area contributed by atoms with Crippen LogP contribution in [0.1, 0.15) is 11.5 Å². The smallest absolute Gasteiger partial charge is 0.194 e. The molecule has 0 heterocycles. The molecule has 0 aliphatic carbocycles. The summed E-state index contributed by atoms with van der Waals surface area (Å²) in [5, 5.41) is 8.64. The van der Waals surface area contributed by atoms with Gasteiger partial charge in [-0.25, -0.2) is 13.2 Å². The average molecular weight is 189 g/mol. The van der Waals surface area contributed by atoms with Crippen LogP contribution in [0.2, 0.25) is 0 Å². The fraction of sp³-hybridized carbons (Fsp3) is 0.222. The summed E-state index contributed by atoms with van der Waals surface area (Å²) in [6.45, 7) is 3.09. The van der Waals surface area contributed by atoms with Crippen LogP contribution >= 0.6 is 0 Å². The molecule has 0 spiro atoms. The highest BCUT2D eigenvalue weighted by molar-refractivity contribution is 5.23. The second-order valence-electron chi connectivity index (χ2n) is 2.68. The molecule has 0 fully saturated rings. The maximum absolute atomic E-state index is 12.6. The number of aliphatic hydroxyl groups excluding tert-OH is 1. The fourth-order valence-corrected chi connectivity index (χ4v) is 0.916. The summed E-state index contributed by atoms with van der Waals surface area (Å²) in [7, 11) is 0. The molecule has 0 aliphatic rings. The highest BCUT2D eigenvalue weighted by Crippen LogP contribution is 2.19. The lowest BCUT2D eigenvalue weighted by Gasteiger charge is -2.08. The van der Waals surface area contributed by atoms with Gasteiger partial charge in [0.1, 0.15) is 0 Å². The largest absolute Gasteiger partial charge is 0.396 e. The van der Waals surface area contributed by atoms with E-state index in [0.29, 0.717) is 0 Å². The van der Waals surface area contributed by atoms with Gasteiger partial charge in [-0.3, -0.25) is 0 Å². The van der Waals surface area contributed by atoms with Crippen LogP contribution in [0.15, 0.2) is 12.1 Å². The van der Waals surface area contributed by atoms with Crippen LogP contribution < -0.4 is 0 Å². The Morgan fingerprint density at radius 2 is 1.69 bits per heavy atom. The van der Waals surface area contributed by atoms with Crippen LogP contribution in [0.25, 0.3) is 0 Å². The monoisotopic (exact) mass is 189 g/mol. The molecule has 1 N–H and O–H groups in total. The molecule has 0 amide bonds. The van der Waals surface area contributed by atoms with Crippen molar-refractivity contribution in [3.05, 3.63) is 42.1 Å². The summed E-state index contributed by atoms with van der Waals surface area (Å²) in [4.78, 5) is 0. The first-order valence-corrected chi connectivity index (χ1v) is 3.64. The van der Waals surface area contributed by atoms with Crippen molar-refractivity contribution in [3.63, 3.8) is 0 Å². The van der Waals surface area contributed by atoms with Gasteiger partial charge in [0.2, 0.25) is 0 Å². The van der Waals surface area contributed by atoms with Gasteiger partial charge in [-0.1, -0.05) is 0 Å². The Hall–Kier alpha value is -1.03. The van der Waals surface area contributed by atoms with E-state index >= 15 is 0 Å². The molecule has 13 heavy (non-hydrogen) atoms. The average Bonchev–Trinajstić information content (AvgIpc) is 2.12. The van der Waals surface area contributed by atoms with Crippen molar-refractivity contribution in [2.24, 2.45) is 0 Å². The first-order valence-electron chi connectivity index (χ1n) is 3.64. The lowest BCUT2D eigenvalue weighted by molar-refractivity contribution is 0.282. The van der Waals surface area contributed by atoms with E-state index in [1.54, 1.807) is 0 Å². The lowest BCUT2D eigenvalue weighted by Crippen LogP contribution is -2.02. The maximum atomic E-state index is 12.6. The molecule has 0 aliphatic heterocycles. The number of hydrogen-bond acceptors (Lipinski definition) is 1. The third-order valence-electron chi connectivity index (χ3n) is 1.70. The van der Waals surface area contributed by atoms with E-state index in [2.05, 4.69) is 6.92 Å². The van der Waals surface area contributed by atoms with E-state index in [9.17, 15) is 13.2 Å². The van der Waals surface area contributed by atoms with Gasteiger partial charge in [0, 0.05) is 12.5 Å². The van der Waals surface area contributed by atoms with Crippen LogP contribution in [0.3, 0.4) is 0 Å². The third-order valence-corrected chi connectivity index (χ3v) is 1.70. The van der Waals surface area contributed by atoms with Gasteiger partial charge in [-0.2, -0.15) is 0 Å². The third kappa shape index (κ3) is 2.01. The number of halogens is 3. The van der Waals surface area contributed by atoms with Crippen LogP contribution in [-0.4, -0.2) is 11.7 Å². The molecule has 4 heteroatoms. The zero-order valence-electron chi connectivity index (χ0n) is 6.73. The number of benzene rings is 1. The second kappa shape index (κ2) is 3.79. The van der Waals surface area contributed by atoms with Gasteiger partial charge in [0.05, 0.1) is 0 Å². The highest BCUT2D eigenvalue weighted by atomic mass is 19.2. The Balaban J connectivity index is 3.13. The highest BCUT2D eigenvalue weighted by Gasteiger charge is 2.13. The zero-order chi connectivity index (χ0) is 10.0. The van der Waals surface area contributed by atoms with E-state index < -0.39 is 23.4 Å². The summed E-state index contributed by atoms with van der Waals surface area (Å²) in [6, 6.07) is 1.65. The van der Waals surface area contributed by atoms with Crippen molar-refractivity contribution >= 4 is 0 Å². The molecule has 1 aromatic rings. The maximum Gasteiger partial charge on any atom is 0.194 e. The molecule has 71 valence electrons. The minimum atomic E-state index is -1.51. The topological polar surface area (TPSA) is 20.2 Å². The van der Waals surface area contributed by atoms with Crippen molar-refractivity contribution in [1.29, 1.82) is 0 Å². The molecule has 1 atom stereocenters. The van der Waals surface area contributed by atoms with E-state index in [1.165, 1.54) is 0 Å². The van der Waals surface area contributed by atoms with Gasteiger partial charge in [-0.05, 0) is 24.6 Å². The Morgan fingerprint density at radius 3 is 2.08 bits per heavy atom. The van der Waals surface area contributed by atoms with Gasteiger partial charge >= 0.3 is 0 Å². The predicted octanol–water partition coefficient (Wildman–Crippen LogP) is 2.01. The van der Waals surface area contributed by atoms with Crippen LogP contribution in [-0.2, 0) is 0 Å². The molecule has 0 saturated heterocycles. The summed E-state index contributed by atoms with van der Waals surface area (Å²) >= 11 is 0. The van der Waals surface area contributed by atoms with E-state index in [0.717, 1.165) is 12.1 Å². The van der Waals surface area contributed by atoms with Crippen LogP contribution in [0.4, 0.5) is 13.2 Å². The quantitative estimate of drug-likeness (QED) is 0.705. The minimum absolute atomic E-state index is 0.138. The van der Waals surface area contributed by atoms with E-state index in [1.807, 2.05) is 0 Å².